The Kier molecular flexibility index (Phi) is 8.16. The lowest BCUT2D eigenvalue weighted by atomic mass is 9.65. The van der Waals surface area contributed by atoms with Crippen LogP contribution in [0.5, 0.6) is 5.75 Å². The number of carboxylic acid groups (broad SMARTS) is 1. The monoisotopic (exact) mass is 599 g/mol. The molecular weight excluding hydrogens is 573 g/mol. The summed E-state index contributed by atoms with van der Waals surface area (Å²) in [5.74, 6) is 0.618. The number of ether oxygens (including phenoxy) is 1. The average Bonchev–Trinajstić information content (AvgIpc) is 3.70. The van der Waals surface area contributed by atoms with Crippen LogP contribution in [0.25, 0.3) is 5.57 Å². The molecule has 3 aromatic rings. The second-order valence-corrected chi connectivity index (χ2v) is 11.4. The van der Waals surface area contributed by atoms with Gasteiger partial charge in [0.05, 0.1) is 26.8 Å². The van der Waals surface area contributed by atoms with Crippen molar-refractivity contribution in [2.24, 2.45) is 0 Å². The molecule has 2 fully saturated rings. The molecule has 2 aliphatic carbocycles. The Morgan fingerprint density at radius 3 is 2.58 bits per heavy atom. The molecule has 1 heterocycles. The lowest BCUT2D eigenvalue weighted by Crippen LogP contribution is -2.40. The molecule has 0 spiro atoms. The van der Waals surface area contributed by atoms with Crippen LogP contribution in [0.3, 0.4) is 0 Å². The summed E-state index contributed by atoms with van der Waals surface area (Å²) in [5.41, 5.74) is 2.43. The van der Waals surface area contributed by atoms with Crippen molar-refractivity contribution in [3.63, 3.8) is 0 Å². The number of carbonyl (C=O) groups is 1. The molecule has 5 rings (SSSR count). The maximum Gasteiger partial charge on any atom is 0.335 e. The predicted molar refractivity (Wildman–Crippen MR) is 156 cm³/mol. The summed E-state index contributed by atoms with van der Waals surface area (Å²) in [4.78, 5) is 11.3. The number of allylic oxidation sites excluding steroid dienone is 5. The van der Waals surface area contributed by atoms with Crippen molar-refractivity contribution in [2.75, 3.05) is 0 Å². The van der Waals surface area contributed by atoms with Gasteiger partial charge >= 0.3 is 5.97 Å². The summed E-state index contributed by atoms with van der Waals surface area (Å²) in [7, 11) is 0. The van der Waals surface area contributed by atoms with E-state index in [9.17, 15) is 15.0 Å². The summed E-state index contributed by atoms with van der Waals surface area (Å²) in [5, 5.41) is 26.0. The molecule has 0 radical (unpaired) electrons. The van der Waals surface area contributed by atoms with Crippen molar-refractivity contribution in [3.05, 3.63) is 110 Å². The molecule has 2 aliphatic rings. The van der Waals surface area contributed by atoms with Gasteiger partial charge in [-0.05, 0) is 74.4 Å². The molecule has 40 heavy (non-hydrogen) atoms. The van der Waals surface area contributed by atoms with E-state index < -0.39 is 11.6 Å². The first-order valence-electron chi connectivity index (χ1n) is 13.0. The standard InChI is InChI=1S/C31H28Cl3NO5/c1-3-24(32)27(25(33)4-2)28-22(29(40-35-28)17-8-9-17)16-39-21-10-11-23(26(34)13-21)31(38)14-20(15-31)18-6-5-7-19(12-18)30(36)37/h3-7,10-13,17,20,38H,1,8-9,14-16H2,2H3,(H,36,37)/b25-4+,27-24-. The van der Waals surface area contributed by atoms with Gasteiger partial charge in [-0.2, -0.15) is 0 Å². The van der Waals surface area contributed by atoms with E-state index in [1.807, 2.05) is 13.0 Å². The second kappa shape index (κ2) is 11.5. The van der Waals surface area contributed by atoms with Crippen molar-refractivity contribution in [1.82, 2.24) is 5.16 Å². The number of aromatic carboxylic acids is 1. The highest BCUT2D eigenvalue weighted by Crippen LogP contribution is 2.53. The third-order valence-corrected chi connectivity index (χ3v) is 8.58. The summed E-state index contributed by atoms with van der Waals surface area (Å²) in [6.07, 6.45) is 6.14. The molecule has 0 aliphatic heterocycles. The number of carboxylic acids is 1. The molecule has 208 valence electrons. The SMILES string of the molecule is C=C/C(Cl)=C(\C(Cl)=C/C)c1noc(C2CC2)c1COc1ccc(C2(O)CC(c3cccc(C(=O)O)c3)C2)c(Cl)c1. The average molecular weight is 601 g/mol. The van der Waals surface area contributed by atoms with Gasteiger partial charge in [0.25, 0.3) is 0 Å². The fourth-order valence-corrected chi connectivity index (χ4v) is 5.94. The first kappa shape index (κ1) is 28.5. The zero-order valence-electron chi connectivity index (χ0n) is 21.8. The van der Waals surface area contributed by atoms with Crippen molar-refractivity contribution in [3.8, 4) is 5.75 Å². The third-order valence-electron chi connectivity index (χ3n) is 7.51. The van der Waals surface area contributed by atoms with E-state index in [-0.39, 0.29) is 24.0 Å². The van der Waals surface area contributed by atoms with E-state index in [1.165, 1.54) is 6.08 Å². The minimum atomic E-state index is -1.11. The molecule has 0 bridgehead atoms. The molecule has 1 aromatic heterocycles. The van der Waals surface area contributed by atoms with Crippen LogP contribution in [0, 0.1) is 0 Å². The van der Waals surface area contributed by atoms with Crippen LogP contribution in [-0.4, -0.2) is 21.3 Å². The number of aromatic nitrogens is 1. The fraction of sp³-hybridized carbons (Fsp3) is 0.290. The highest BCUT2D eigenvalue weighted by molar-refractivity contribution is 6.42. The van der Waals surface area contributed by atoms with Crippen LogP contribution in [0.2, 0.25) is 5.02 Å². The number of rotatable bonds is 10. The van der Waals surface area contributed by atoms with E-state index in [4.69, 9.17) is 44.1 Å². The molecule has 2 N–H and O–H groups in total. The van der Waals surface area contributed by atoms with Crippen LogP contribution in [-0.2, 0) is 12.2 Å². The van der Waals surface area contributed by atoms with Crippen LogP contribution in [0.15, 0.2) is 75.8 Å². The lowest BCUT2D eigenvalue weighted by Gasteiger charge is -2.44. The van der Waals surface area contributed by atoms with Gasteiger partial charge in [-0.1, -0.05) is 70.8 Å². The van der Waals surface area contributed by atoms with Crippen molar-refractivity contribution < 1.29 is 24.3 Å². The number of nitrogens with zero attached hydrogens (tertiary/aromatic N) is 1. The maximum atomic E-state index is 11.3. The molecule has 2 saturated carbocycles. The molecule has 0 amide bonds. The highest BCUT2D eigenvalue weighted by atomic mass is 35.5. The zero-order valence-corrected chi connectivity index (χ0v) is 24.1. The summed E-state index contributed by atoms with van der Waals surface area (Å²) in [6.45, 7) is 5.73. The first-order valence-corrected chi connectivity index (χ1v) is 14.1. The van der Waals surface area contributed by atoms with Gasteiger partial charge in [0.1, 0.15) is 23.8 Å². The normalized spacial score (nSPS) is 21.4. The van der Waals surface area contributed by atoms with Gasteiger partial charge in [0.2, 0.25) is 0 Å². The van der Waals surface area contributed by atoms with Crippen LogP contribution in [0.4, 0.5) is 0 Å². The maximum absolute atomic E-state index is 11.3. The van der Waals surface area contributed by atoms with Gasteiger partial charge in [-0.25, -0.2) is 4.79 Å². The molecule has 2 aromatic carbocycles. The third kappa shape index (κ3) is 5.59. The molecule has 0 unspecified atom stereocenters. The van der Waals surface area contributed by atoms with Crippen molar-refractivity contribution in [1.29, 1.82) is 0 Å². The molecular formula is C31H28Cl3NO5. The molecule has 0 atom stereocenters. The van der Waals surface area contributed by atoms with E-state index in [0.29, 0.717) is 50.5 Å². The highest BCUT2D eigenvalue weighted by Gasteiger charge is 2.45. The number of aliphatic hydroxyl groups is 1. The Labute approximate surface area is 247 Å². The number of hydrogen-bond acceptors (Lipinski definition) is 5. The van der Waals surface area contributed by atoms with Crippen LogP contribution in [0.1, 0.15) is 82.9 Å². The molecule has 9 heteroatoms. The second-order valence-electron chi connectivity index (χ2n) is 10.2. The summed E-state index contributed by atoms with van der Waals surface area (Å²) in [6, 6.07) is 12.1. The van der Waals surface area contributed by atoms with Crippen LogP contribution >= 0.6 is 34.8 Å². The topological polar surface area (TPSA) is 92.8 Å². The predicted octanol–water partition coefficient (Wildman–Crippen LogP) is 8.53. The Balaban J connectivity index is 1.34. The van der Waals surface area contributed by atoms with Crippen LogP contribution < -0.4 is 4.74 Å². The summed E-state index contributed by atoms with van der Waals surface area (Å²) < 4.78 is 11.9. The first-order chi connectivity index (χ1) is 19.1. The van der Waals surface area contributed by atoms with E-state index >= 15 is 0 Å². The Morgan fingerprint density at radius 2 is 1.95 bits per heavy atom. The Morgan fingerprint density at radius 1 is 1.20 bits per heavy atom. The Hall–Kier alpha value is -3.03. The zero-order chi connectivity index (χ0) is 28.6. The van der Waals surface area contributed by atoms with E-state index in [1.54, 1.807) is 42.5 Å². The van der Waals surface area contributed by atoms with Gasteiger partial charge in [-0.15, -0.1) is 0 Å². The summed E-state index contributed by atoms with van der Waals surface area (Å²) >= 11 is 19.6. The van der Waals surface area contributed by atoms with Gasteiger partial charge in [0.15, 0.2) is 0 Å². The van der Waals surface area contributed by atoms with Gasteiger partial charge < -0.3 is 19.5 Å². The fourth-order valence-electron chi connectivity index (χ4n) is 5.17. The quantitative estimate of drug-likeness (QED) is 0.227. The van der Waals surface area contributed by atoms with Crippen molar-refractivity contribution >= 4 is 46.3 Å². The number of hydrogen-bond donors (Lipinski definition) is 2. The minimum absolute atomic E-state index is 0.0396. The molecule has 0 saturated heterocycles. The van der Waals surface area contributed by atoms with Gasteiger partial charge in [-0.3, -0.25) is 0 Å². The molecule has 6 nitrogen and oxygen atoms in total. The van der Waals surface area contributed by atoms with Crippen molar-refractivity contribution in [2.45, 2.75) is 56.7 Å². The Bertz CT molecular complexity index is 1530. The van der Waals surface area contributed by atoms with E-state index in [2.05, 4.69) is 11.7 Å². The van der Waals surface area contributed by atoms with E-state index in [0.717, 1.165) is 29.7 Å². The number of benzene rings is 2. The largest absolute Gasteiger partial charge is 0.489 e. The minimum Gasteiger partial charge on any atom is -0.489 e. The lowest BCUT2D eigenvalue weighted by molar-refractivity contribution is -0.0549. The smallest absolute Gasteiger partial charge is 0.335 e. The van der Waals surface area contributed by atoms with Gasteiger partial charge in [0, 0.05) is 22.1 Å². The number of halogens is 3.